The van der Waals surface area contributed by atoms with Crippen LogP contribution >= 0.6 is 0 Å². The van der Waals surface area contributed by atoms with Crippen LogP contribution in [-0.4, -0.2) is 18.2 Å². The molecular weight excluding hydrogens is 224 g/mol. The molecule has 1 heterocycles. The van der Waals surface area contributed by atoms with Crippen LogP contribution in [-0.2, 0) is 6.54 Å². The second-order valence-corrected chi connectivity index (χ2v) is 4.54. The van der Waals surface area contributed by atoms with Gasteiger partial charge in [-0.3, -0.25) is 0 Å². The molecule has 0 aromatic heterocycles. The highest BCUT2D eigenvalue weighted by molar-refractivity contribution is 5.71. The average Bonchev–Trinajstić information content (AvgIpc) is 2.39. The number of benzene rings is 2. The van der Waals surface area contributed by atoms with Gasteiger partial charge in [-0.15, -0.1) is 0 Å². The summed E-state index contributed by atoms with van der Waals surface area (Å²) in [6, 6.07) is 15.8. The Morgan fingerprint density at radius 3 is 2.89 bits per heavy atom. The van der Waals surface area contributed by atoms with Crippen LogP contribution in [0.3, 0.4) is 0 Å². The predicted octanol–water partition coefficient (Wildman–Crippen LogP) is 2.82. The smallest absolute Gasteiger partial charge is 0.115 e. The molecule has 0 bridgehead atoms. The van der Waals surface area contributed by atoms with Gasteiger partial charge in [-0.1, -0.05) is 24.3 Å². The number of fused-ring (bicyclic) bond motifs is 1. The molecular formula is C15H16N2O. The molecule has 0 atom stereocenters. The van der Waals surface area contributed by atoms with Crippen LogP contribution < -0.4 is 10.2 Å². The van der Waals surface area contributed by atoms with Crippen molar-refractivity contribution < 1.29 is 5.11 Å². The highest BCUT2D eigenvalue weighted by Crippen LogP contribution is 2.29. The quantitative estimate of drug-likeness (QED) is 0.847. The van der Waals surface area contributed by atoms with Crippen molar-refractivity contribution in [2.45, 2.75) is 6.54 Å². The van der Waals surface area contributed by atoms with Gasteiger partial charge in [0, 0.05) is 19.6 Å². The SMILES string of the molecule is Oc1cccc(CN2CCNc3ccccc32)c1. The standard InChI is InChI=1S/C15H16N2O/c18-13-5-3-4-12(10-13)11-17-9-8-16-14-6-1-2-7-15(14)17/h1-7,10,16,18H,8-9,11H2. The molecule has 18 heavy (non-hydrogen) atoms. The van der Waals surface area contributed by atoms with Gasteiger partial charge in [0.2, 0.25) is 0 Å². The van der Waals surface area contributed by atoms with Gasteiger partial charge in [0.1, 0.15) is 5.75 Å². The largest absolute Gasteiger partial charge is 0.508 e. The molecule has 1 aliphatic heterocycles. The molecule has 0 amide bonds. The molecule has 0 radical (unpaired) electrons. The van der Waals surface area contributed by atoms with Crippen molar-refractivity contribution >= 4 is 11.4 Å². The summed E-state index contributed by atoms with van der Waals surface area (Å²) in [5.74, 6) is 0.330. The van der Waals surface area contributed by atoms with Gasteiger partial charge in [0.15, 0.2) is 0 Å². The summed E-state index contributed by atoms with van der Waals surface area (Å²) in [5.41, 5.74) is 3.54. The van der Waals surface area contributed by atoms with E-state index in [2.05, 4.69) is 28.4 Å². The fraction of sp³-hybridized carbons (Fsp3) is 0.200. The second-order valence-electron chi connectivity index (χ2n) is 4.54. The van der Waals surface area contributed by atoms with Gasteiger partial charge in [-0.2, -0.15) is 0 Å². The van der Waals surface area contributed by atoms with Crippen LogP contribution in [0.2, 0.25) is 0 Å². The van der Waals surface area contributed by atoms with Gasteiger partial charge in [0.05, 0.1) is 11.4 Å². The fourth-order valence-electron chi connectivity index (χ4n) is 2.38. The van der Waals surface area contributed by atoms with Gasteiger partial charge in [-0.05, 0) is 29.8 Å². The summed E-state index contributed by atoms with van der Waals surface area (Å²) in [5, 5.41) is 12.9. The number of aromatic hydroxyl groups is 1. The molecule has 92 valence electrons. The molecule has 3 nitrogen and oxygen atoms in total. The summed E-state index contributed by atoms with van der Waals surface area (Å²) in [4.78, 5) is 2.33. The van der Waals surface area contributed by atoms with E-state index in [1.54, 1.807) is 6.07 Å². The molecule has 0 spiro atoms. The van der Waals surface area contributed by atoms with Crippen LogP contribution in [0.4, 0.5) is 11.4 Å². The van der Waals surface area contributed by atoms with E-state index in [1.165, 1.54) is 11.4 Å². The van der Waals surface area contributed by atoms with E-state index in [-0.39, 0.29) is 0 Å². The Morgan fingerprint density at radius 1 is 1.11 bits per heavy atom. The van der Waals surface area contributed by atoms with Crippen molar-refractivity contribution in [3.8, 4) is 5.75 Å². The molecule has 3 heteroatoms. The van der Waals surface area contributed by atoms with Crippen LogP contribution in [0.25, 0.3) is 0 Å². The number of hydrogen-bond acceptors (Lipinski definition) is 3. The van der Waals surface area contributed by atoms with E-state index in [0.717, 1.165) is 25.2 Å². The molecule has 2 N–H and O–H groups in total. The lowest BCUT2D eigenvalue weighted by molar-refractivity contribution is 0.474. The zero-order valence-corrected chi connectivity index (χ0v) is 10.1. The van der Waals surface area contributed by atoms with Crippen molar-refractivity contribution in [1.29, 1.82) is 0 Å². The van der Waals surface area contributed by atoms with Crippen LogP contribution in [0.5, 0.6) is 5.75 Å². The topological polar surface area (TPSA) is 35.5 Å². The number of anilines is 2. The van der Waals surface area contributed by atoms with Gasteiger partial charge in [-0.25, -0.2) is 0 Å². The Bertz CT molecular complexity index is 554. The van der Waals surface area contributed by atoms with E-state index in [9.17, 15) is 5.11 Å². The molecule has 1 aliphatic rings. The molecule has 0 unspecified atom stereocenters. The second kappa shape index (κ2) is 4.61. The van der Waals surface area contributed by atoms with Gasteiger partial charge in [0.25, 0.3) is 0 Å². The molecule has 0 saturated carbocycles. The van der Waals surface area contributed by atoms with Crippen molar-refractivity contribution in [2.75, 3.05) is 23.3 Å². The van der Waals surface area contributed by atoms with Crippen LogP contribution in [0.1, 0.15) is 5.56 Å². The maximum absolute atomic E-state index is 9.51. The first-order valence-electron chi connectivity index (χ1n) is 6.19. The number of rotatable bonds is 2. The zero-order chi connectivity index (χ0) is 12.4. The Labute approximate surface area is 107 Å². The first-order chi connectivity index (χ1) is 8.83. The highest BCUT2D eigenvalue weighted by Gasteiger charge is 2.15. The van der Waals surface area contributed by atoms with Crippen molar-refractivity contribution in [2.24, 2.45) is 0 Å². The van der Waals surface area contributed by atoms with Gasteiger partial charge >= 0.3 is 0 Å². The number of para-hydroxylation sites is 2. The lowest BCUT2D eigenvalue weighted by Gasteiger charge is -2.32. The Kier molecular flexibility index (Phi) is 2.81. The summed E-state index contributed by atoms with van der Waals surface area (Å²) in [6.45, 7) is 2.76. The summed E-state index contributed by atoms with van der Waals surface area (Å²) in [6.07, 6.45) is 0. The van der Waals surface area contributed by atoms with Crippen LogP contribution in [0, 0.1) is 0 Å². The van der Waals surface area contributed by atoms with E-state index in [0.29, 0.717) is 5.75 Å². The number of nitrogens with zero attached hydrogens (tertiary/aromatic N) is 1. The summed E-state index contributed by atoms with van der Waals surface area (Å²) < 4.78 is 0. The maximum atomic E-state index is 9.51. The third kappa shape index (κ3) is 2.12. The van der Waals surface area contributed by atoms with E-state index in [4.69, 9.17) is 0 Å². The highest BCUT2D eigenvalue weighted by atomic mass is 16.3. The van der Waals surface area contributed by atoms with Crippen molar-refractivity contribution in [3.05, 3.63) is 54.1 Å². The minimum Gasteiger partial charge on any atom is -0.508 e. The Morgan fingerprint density at radius 2 is 2.00 bits per heavy atom. The number of phenols is 1. The van der Waals surface area contributed by atoms with Crippen molar-refractivity contribution in [3.63, 3.8) is 0 Å². The predicted molar refractivity (Wildman–Crippen MR) is 74.1 cm³/mol. The molecule has 2 aromatic carbocycles. The van der Waals surface area contributed by atoms with Gasteiger partial charge < -0.3 is 15.3 Å². The lowest BCUT2D eigenvalue weighted by atomic mass is 10.1. The maximum Gasteiger partial charge on any atom is 0.115 e. The third-order valence-electron chi connectivity index (χ3n) is 3.23. The van der Waals surface area contributed by atoms with E-state index < -0.39 is 0 Å². The first kappa shape index (κ1) is 11.0. The van der Waals surface area contributed by atoms with Crippen molar-refractivity contribution in [1.82, 2.24) is 0 Å². The van der Waals surface area contributed by atoms with E-state index in [1.807, 2.05) is 24.3 Å². The monoisotopic (exact) mass is 240 g/mol. The molecule has 0 aliphatic carbocycles. The number of nitrogens with one attached hydrogen (secondary N) is 1. The minimum atomic E-state index is 0.330. The lowest BCUT2D eigenvalue weighted by Crippen LogP contribution is -2.33. The average molecular weight is 240 g/mol. The molecule has 0 fully saturated rings. The Balaban J connectivity index is 1.86. The zero-order valence-electron chi connectivity index (χ0n) is 10.1. The molecule has 0 saturated heterocycles. The van der Waals surface area contributed by atoms with Crippen LogP contribution in [0.15, 0.2) is 48.5 Å². The summed E-state index contributed by atoms with van der Waals surface area (Å²) >= 11 is 0. The molecule has 2 aromatic rings. The number of phenolic OH excluding ortho intramolecular Hbond substituents is 1. The fourth-order valence-corrected chi connectivity index (χ4v) is 2.38. The molecule has 3 rings (SSSR count). The normalized spacial score (nSPS) is 13.9. The number of hydrogen-bond donors (Lipinski definition) is 2. The van der Waals surface area contributed by atoms with E-state index >= 15 is 0 Å². The first-order valence-corrected chi connectivity index (χ1v) is 6.19. The third-order valence-corrected chi connectivity index (χ3v) is 3.23. The minimum absolute atomic E-state index is 0.330. The Hall–Kier alpha value is -2.16. The summed E-state index contributed by atoms with van der Waals surface area (Å²) in [7, 11) is 0.